The number of nitrogens with zero attached hydrogens (tertiary/aromatic N) is 1. The molecule has 0 spiro atoms. The number of pyridine rings is 1. The van der Waals surface area contributed by atoms with Crippen molar-refractivity contribution in [3.63, 3.8) is 0 Å². The van der Waals surface area contributed by atoms with Crippen LogP contribution in [0.4, 0.5) is 5.82 Å². The maximum Gasteiger partial charge on any atom is 0.126 e. The van der Waals surface area contributed by atoms with Gasteiger partial charge in [-0.05, 0) is 31.0 Å². The molecule has 18 heavy (non-hydrogen) atoms. The van der Waals surface area contributed by atoms with E-state index in [0.29, 0.717) is 0 Å². The molecule has 3 heteroatoms. The molecular weight excluding hydrogens is 222 g/mol. The van der Waals surface area contributed by atoms with Crippen molar-refractivity contribution >= 4 is 5.82 Å². The van der Waals surface area contributed by atoms with Crippen LogP contribution < -0.4 is 10.6 Å². The molecule has 0 atom stereocenters. The van der Waals surface area contributed by atoms with Crippen molar-refractivity contribution in [2.45, 2.75) is 46.6 Å². The predicted octanol–water partition coefficient (Wildman–Crippen LogP) is 3.43. The van der Waals surface area contributed by atoms with Crippen molar-refractivity contribution in [1.29, 1.82) is 0 Å². The third-order valence-corrected chi connectivity index (χ3v) is 3.27. The van der Waals surface area contributed by atoms with E-state index in [4.69, 9.17) is 0 Å². The number of nitrogens with one attached hydrogen (secondary N) is 2. The van der Waals surface area contributed by atoms with E-state index in [1.54, 1.807) is 0 Å². The fourth-order valence-electron chi connectivity index (χ4n) is 1.90. The van der Waals surface area contributed by atoms with Crippen LogP contribution in [0.3, 0.4) is 0 Å². The van der Waals surface area contributed by atoms with Crippen molar-refractivity contribution < 1.29 is 0 Å². The Morgan fingerprint density at radius 1 is 1.17 bits per heavy atom. The molecule has 0 bridgehead atoms. The van der Waals surface area contributed by atoms with E-state index in [9.17, 15) is 0 Å². The summed E-state index contributed by atoms with van der Waals surface area (Å²) >= 11 is 0. The highest BCUT2D eigenvalue weighted by molar-refractivity contribution is 5.35. The van der Waals surface area contributed by atoms with E-state index in [-0.39, 0.29) is 0 Å². The molecule has 1 rings (SSSR count). The second-order valence-corrected chi connectivity index (χ2v) is 4.75. The van der Waals surface area contributed by atoms with Crippen LogP contribution in [0, 0.1) is 5.92 Å². The molecular formula is C15H27N3. The molecule has 0 radical (unpaired) electrons. The Morgan fingerprint density at radius 2 is 1.94 bits per heavy atom. The van der Waals surface area contributed by atoms with Crippen LogP contribution >= 0.6 is 0 Å². The van der Waals surface area contributed by atoms with E-state index >= 15 is 0 Å². The van der Waals surface area contributed by atoms with Gasteiger partial charge in [0.05, 0.1) is 5.69 Å². The molecule has 0 saturated carbocycles. The number of rotatable bonds is 9. The van der Waals surface area contributed by atoms with Gasteiger partial charge in [-0.2, -0.15) is 0 Å². The zero-order valence-electron chi connectivity index (χ0n) is 12.0. The van der Waals surface area contributed by atoms with Gasteiger partial charge in [0.1, 0.15) is 5.82 Å². The summed E-state index contributed by atoms with van der Waals surface area (Å²) in [6.45, 7) is 9.59. The molecule has 0 aromatic carbocycles. The number of hydrogen-bond acceptors (Lipinski definition) is 3. The summed E-state index contributed by atoms with van der Waals surface area (Å²) in [7, 11) is 0. The third-order valence-electron chi connectivity index (χ3n) is 3.27. The fourth-order valence-corrected chi connectivity index (χ4v) is 1.90. The molecule has 0 saturated heterocycles. The standard InChI is InChI=1S/C15H27N3/c1-4-10-16-12-14-8-7-9-15(18-14)17-11-13(5-2)6-3/h7-9,13,16H,4-6,10-12H2,1-3H3,(H,17,18). The second-order valence-electron chi connectivity index (χ2n) is 4.75. The van der Waals surface area contributed by atoms with Gasteiger partial charge in [0, 0.05) is 13.1 Å². The van der Waals surface area contributed by atoms with E-state index in [1.165, 1.54) is 12.8 Å². The maximum atomic E-state index is 4.61. The van der Waals surface area contributed by atoms with Crippen LogP contribution in [-0.4, -0.2) is 18.1 Å². The Bertz CT molecular complexity index is 321. The van der Waals surface area contributed by atoms with Crippen LogP contribution in [0.25, 0.3) is 0 Å². The van der Waals surface area contributed by atoms with Gasteiger partial charge >= 0.3 is 0 Å². The Morgan fingerprint density at radius 3 is 2.61 bits per heavy atom. The summed E-state index contributed by atoms with van der Waals surface area (Å²) < 4.78 is 0. The first kappa shape index (κ1) is 15.0. The molecule has 1 heterocycles. The molecule has 1 aromatic heterocycles. The third kappa shape index (κ3) is 5.50. The van der Waals surface area contributed by atoms with Crippen LogP contribution in [-0.2, 0) is 6.54 Å². The predicted molar refractivity (Wildman–Crippen MR) is 78.8 cm³/mol. The minimum absolute atomic E-state index is 0.744. The maximum absolute atomic E-state index is 4.61. The normalized spacial score (nSPS) is 10.9. The van der Waals surface area contributed by atoms with Gasteiger partial charge in [0.25, 0.3) is 0 Å². The highest BCUT2D eigenvalue weighted by Crippen LogP contribution is 2.10. The molecule has 0 aliphatic rings. The Labute approximate surface area is 111 Å². The van der Waals surface area contributed by atoms with Crippen molar-refractivity contribution in [2.24, 2.45) is 5.92 Å². The summed E-state index contributed by atoms with van der Waals surface area (Å²) in [6.07, 6.45) is 3.61. The molecule has 3 nitrogen and oxygen atoms in total. The number of anilines is 1. The lowest BCUT2D eigenvalue weighted by Gasteiger charge is -2.14. The summed E-state index contributed by atoms with van der Waals surface area (Å²) in [5.74, 6) is 1.74. The molecule has 0 aliphatic carbocycles. The van der Waals surface area contributed by atoms with E-state index in [1.807, 2.05) is 6.07 Å². The van der Waals surface area contributed by atoms with Gasteiger partial charge in [-0.3, -0.25) is 0 Å². The smallest absolute Gasteiger partial charge is 0.126 e. The molecule has 2 N–H and O–H groups in total. The minimum Gasteiger partial charge on any atom is -0.370 e. The first-order valence-electron chi connectivity index (χ1n) is 7.20. The van der Waals surface area contributed by atoms with Crippen molar-refractivity contribution in [3.8, 4) is 0 Å². The highest BCUT2D eigenvalue weighted by Gasteiger charge is 2.03. The lowest BCUT2D eigenvalue weighted by molar-refractivity contribution is 0.518. The SMILES string of the molecule is CCCNCc1cccc(NCC(CC)CC)n1. The lowest BCUT2D eigenvalue weighted by Crippen LogP contribution is -2.16. The summed E-state index contributed by atoms with van der Waals surface area (Å²) in [6, 6.07) is 6.20. The van der Waals surface area contributed by atoms with Gasteiger partial charge < -0.3 is 10.6 Å². The lowest BCUT2D eigenvalue weighted by atomic mass is 10.0. The van der Waals surface area contributed by atoms with Gasteiger partial charge in [-0.25, -0.2) is 4.98 Å². The van der Waals surface area contributed by atoms with Crippen LogP contribution in [0.1, 0.15) is 45.7 Å². The van der Waals surface area contributed by atoms with E-state index in [0.717, 1.165) is 43.5 Å². The summed E-state index contributed by atoms with van der Waals surface area (Å²) in [5, 5.41) is 6.81. The molecule has 102 valence electrons. The zero-order valence-corrected chi connectivity index (χ0v) is 12.0. The highest BCUT2D eigenvalue weighted by atomic mass is 15.0. The topological polar surface area (TPSA) is 37.0 Å². The van der Waals surface area contributed by atoms with Crippen LogP contribution in [0.5, 0.6) is 0 Å². The van der Waals surface area contributed by atoms with Crippen LogP contribution in [0.2, 0.25) is 0 Å². The molecule has 0 unspecified atom stereocenters. The van der Waals surface area contributed by atoms with Gasteiger partial charge in [-0.15, -0.1) is 0 Å². The Balaban J connectivity index is 2.43. The van der Waals surface area contributed by atoms with Crippen LogP contribution in [0.15, 0.2) is 18.2 Å². The van der Waals surface area contributed by atoms with E-state index in [2.05, 4.69) is 48.5 Å². The largest absolute Gasteiger partial charge is 0.370 e. The minimum atomic E-state index is 0.744. The number of hydrogen-bond donors (Lipinski definition) is 2. The first-order chi connectivity index (χ1) is 8.80. The molecule has 1 aromatic rings. The first-order valence-corrected chi connectivity index (χ1v) is 7.20. The van der Waals surface area contributed by atoms with Gasteiger partial charge in [-0.1, -0.05) is 39.7 Å². The second kappa shape index (κ2) is 8.92. The van der Waals surface area contributed by atoms with Crippen molar-refractivity contribution in [3.05, 3.63) is 23.9 Å². The monoisotopic (exact) mass is 249 g/mol. The van der Waals surface area contributed by atoms with Gasteiger partial charge in [0.15, 0.2) is 0 Å². The van der Waals surface area contributed by atoms with Crippen molar-refractivity contribution in [2.75, 3.05) is 18.4 Å². The van der Waals surface area contributed by atoms with E-state index < -0.39 is 0 Å². The fraction of sp³-hybridized carbons (Fsp3) is 0.667. The average Bonchev–Trinajstić information content (AvgIpc) is 2.41. The summed E-state index contributed by atoms with van der Waals surface area (Å²) in [5.41, 5.74) is 1.11. The Kier molecular flexibility index (Phi) is 7.42. The molecule has 0 amide bonds. The quantitative estimate of drug-likeness (QED) is 0.658. The zero-order chi connectivity index (χ0) is 13.2. The van der Waals surface area contributed by atoms with Crippen molar-refractivity contribution in [1.82, 2.24) is 10.3 Å². The molecule has 0 aliphatic heterocycles. The number of aromatic nitrogens is 1. The molecule has 0 fully saturated rings. The average molecular weight is 249 g/mol. The Hall–Kier alpha value is -1.09. The van der Waals surface area contributed by atoms with Gasteiger partial charge in [0.2, 0.25) is 0 Å². The summed E-state index contributed by atoms with van der Waals surface area (Å²) in [4.78, 5) is 4.61.